The van der Waals surface area contributed by atoms with Gasteiger partial charge in [0.25, 0.3) is 0 Å². The Kier molecular flexibility index (Phi) is 4.12. The van der Waals surface area contributed by atoms with Crippen LogP contribution in [-0.2, 0) is 0 Å². The highest BCUT2D eigenvalue weighted by molar-refractivity contribution is 5.31. The van der Waals surface area contributed by atoms with Crippen molar-refractivity contribution < 1.29 is 9.47 Å². The Balaban J connectivity index is 1.83. The summed E-state index contributed by atoms with van der Waals surface area (Å²) in [6, 6.07) is 7.86. The van der Waals surface area contributed by atoms with Crippen LogP contribution in [0.5, 0.6) is 11.5 Å². The molecule has 0 atom stereocenters. The summed E-state index contributed by atoms with van der Waals surface area (Å²) in [5.74, 6) is 1.79. The molecule has 1 aliphatic rings. The zero-order valence-corrected chi connectivity index (χ0v) is 11.6. The molecule has 0 amide bonds. The highest BCUT2D eigenvalue weighted by Gasteiger charge is 2.13. The van der Waals surface area contributed by atoms with Crippen molar-refractivity contribution in [2.45, 2.75) is 39.2 Å². The van der Waals surface area contributed by atoms with Crippen LogP contribution < -0.4 is 9.47 Å². The van der Waals surface area contributed by atoms with E-state index in [-0.39, 0.29) is 5.60 Å². The van der Waals surface area contributed by atoms with Crippen molar-refractivity contribution >= 4 is 0 Å². The van der Waals surface area contributed by atoms with E-state index >= 15 is 0 Å². The van der Waals surface area contributed by atoms with Crippen molar-refractivity contribution in [1.29, 1.82) is 0 Å². The number of nitrogens with zero attached hydrogens (tertiary/aromatic N) is 1. The first kappa shape index (κ1) is 13.2. The summed E-state index contributed by atoms with van der Waals surface area (Å²) in [7, 11) is 0. The van der Waals surface area contributed by atoms with Crippen molar-refractivity contribution in [3.8, 4) is 11.5 Å². The summed E-state index contributed by atoms with van der Waals surface area (Å²) in [6.07, 6.45) is 2.59. The first-order chi connectivity index (χ1) is 8.53. The molecule has 1 fully saturated rings. The van der Waals surface area contributed by atoms with Crippen LogP contribution in [0.2, 0.25) is 0 Å². The molecule has 0 aromatic heterocycles. The minimum Gasteiger partial charge on any atom is -0.488 e. The van der Waals surface area contributed by atoms with Crippen molar-refractivity contribution in [3.05, 3.63) is 24.3 Å². The number of likely N-dealkylation sites (tertiary alicyclic amines) is 1. The third-order valence-electron chi connectivity index (χ3n) is 2.86. The molecule has 1 saturated heterocycles. The van der Waals surface area contributed by atoms with Gasteiger partial charge >= 0.3 is 0 Å². The van der Waals surface area contributed by atoms with Crippen molar-refractivity contribution in [1.82, 2.24) is 4.90 Å². The van der Waals surface area contributed by atoms with Gasteiger partial charge in [0.05, 0.1) is 0 Å². The Labute approximate surface area is 110 Å². The van der Waals surface area contributed by atoms with E-state index in [2.05, 4.69) is 4.90 Å². The van der Waals surface area contributed by atoms with Crippen LogP contribution in [0.25, 0.3) is 0 Å². The Hall–Kier alpha value is -1.22. The third-order valence-corrected chi connectivity index (χ3v) is 2.86. The summed E-state index contributed by atoms with van der Waals surface area (Å²) < 4.78 is 11.5. The zero-order valence-electron chi connectivity index (χ0n) is 11.6. The first-order valence-electron chi connectivity index (χ1n) is 6.67. The maximum absolute atomic E-state index is 5.77. The largest absolute Gasteiger partial charge is 0.488 e. The van der Waals surface area contributed by atoms with E-state index in [0.717, 1.165) is 24.6 Å². The SMILES string of the molecule is CC(C)(C)Oc1ccc(OCN2CCCC2)cc1. The lowest BCUT2D eigenvalue weighted by Gasteiger charge is -2.21. The van der Waals surface area contributed by atoms with Crippen molar-refractivity contribution in [2.75, 3.05) is 19.8 Å². The predicted octanol–water partition coefficient (Wildman–Crippen LogP) is 3.30. The first-order valence-corrected chi connectivity index (χ1v) is 6.67. The minimum absolute atomic E-state index is 0.155. The lowest BCUT2D eigenvalue weighted by Crippen LogP contribution is -2.24. The molecule has 0 saturated carbocycles. The second-order valence-electron chi connectivity index (χ2n) is 5.78. The summed E-state index contributed by atoms with van der Waals surface area (Å²) >= 11 is 0. The monoisotopic (exact) mass is 249 g/mol. The normalized spacial score (nSPS) is 16.8. The van der Waals surface area contributed by atoms with Crippen LogP contribution in [0.1, 0.15) is 33.6 Å². The van der Waals surface area contributed by atoms with Gasteiger partial charge < -0.3 is 9.47 Å². The van der Waals surface area contributed by atoms with E-state index in [1.807, 2.05) is 45.0 Å². The van der Waals surface area contributed by atoms with Crippen molar-refractivity contribution in [3.63, 3.8) is 0 Å². The van der Waals surface area contributed by atoms with Gasteiger partial charge in [-0.05, 0) is 57.9 Å². The molecule has 3 nitrogen and oxygen atoms in total. The van der Waals surface area contributed by atoms with Crippen LogP contribution in [0.4, 0.5) is 0 Å². The number of hydrogen-bond acceptors (Lipinski definition) is 3. The van der Waals surface area contributed by atoms with E-state index < -0.39 is 0 Å². The molecule has 0 radical (unpaired) electrons. The molecule has 0 bridgehead atoms. The van der Waals surface area contributed by atoms with Crippen LogP contribution in [0, 0.1) is 0 Å². The molecule has 1 aromatic rings. The maximum atomic E-state index is 5.77. The lowest BCUT2D eigenvalue weighted by molar-refractivity contribution is 0.130. The molecule has 1 aliphatic heterocycles. The zero-order chi connectivity index (χ0) is 13.0. The quantitative estimate of drug-likeness (QED) is 0.817. The Morgan fingerprint density at radius 3 is 2.11 bits per heavy atom. The summed E-state index contributed by atoms with van der Waals surface area (Å²) in [4.78, 5) is 2.33. The van der Waals surface area contributed by atoms with E-state index in [9.17, 15) is 0 Å². The predicted molar refractivity (Wildman–Crippen MR) is 73.1 cm³/mol. The molecule has 1 heterocycles. The Morgan fingerprint density at radius 2 is 1.56 bits per heavy atom. The molecule has 100 valence electrons. The minimum atomic E-state index is -0.155. The van der Waals surface area contributed by atoms with Crippen LogP contribution in [0.15, 0.2) is 24.3 Å². The van der Waals surface area contributed by atoms with E-state index in [0.29, 0.717) is 6.73 Å². The molecule has 0 aliphatic carbocycles. The molecule has 18 heavy (non-hydrogen) atoms. The topological polar surface area (TPSA) is 21.7 Å². The molecule has 1 aromatic carbocycles. The van der Waals surface area contributed by atoms with Crippen molar-refractivity contribution in [2.24, 2.45) is 0 Å². The molecular weight excluding hydrogens is 226 g/mol. The summed E-state index contributed by atoms with van der Waals surface area (Å²) in [6.45, 7) is 9.15. The second kappa shape index (κ2) is 5.61. The fourth-order valence-electron chi connectivity index (χ4n) is 2.04. The standard InChI is InChI=1S/C15H23NO2/c1-15(2,3)18-14-8-6-13(7-9-14)17-12-16-10-4-5-11-16/h6-9H,4-5,10-12H2,1-3H3. The van der Waals surface area contributed by atoms with Crippen LogP contribution in [0.3, 0.4) is 0 Å². The number of hydrogen-bond donors (Lipinski definition) is 0. The number of ether oxygens (including phenoxy) is 2. The maximum Gasteiger partial charge on any atom is 0.142 e. The smallest absolute Gasteiger partial charge is 0.142 e. The van der Waals surface area contributed by atoms with E-state index in [1.165, 1.54) is 12.8 Å². The van der Waals surface area contributed by atoms with Gasteiger partial charge in [0.1, 0.15) is 23.8 Å². The van der Waals surface area contributed by atoms with Gasteiger partial charge in [-0.2, -0.15) is 0 Å². The van der Waals surface area contributed by atoms with Gasteiger partial charge in [0.2, 0.25) is 0 Å². The molecule has 0 spiro atoms. The van der Waals surface area contributed by atoms with Gasteiger partial charge in [-0.25, -0.2) is 0 Å². The molecule has 3 heteroatoms. The Bertz CT molecular complexity index is 361. The second-order valence-corrected chi connectivity index (χ2v) is 5.78. The van der Waals surface area contributed by atoms with Gasteiger partial charge in [0, 0.05) is 13.1 Å². The van der Waals surface area contributed by atoms with Gasteiger partial charge in [-0.1, -0.05) is 0 Å². The van der Waals surface area contributed by atoms with Gasteiger partial charge in [-0.3, -0.25) is 4.90 Å². The molecule has 2 rings (SSSR count). The lowest BCUT2D eigenvalue weighted by atomic mass is 10.2. The summed E-state index contributed by atoms with van der Waals surface area (Å²) in [5, 5.41) is 0. The van der Waals surface area contributed by atoms with Crippen LogP contribution in [-0.4, -0.2) is 30.3 Å². The number of rotatable bonds is 4. The molecule has 0 unspecified atom stereocenters. The molecule has 0 N–H and O–H groups in total. The van der Waals surface area contributed by atoms with Crippen LogP contribution >= 0.6 is 0 Å². The van der Waals surface area contributed by atoms with Gasteiger partial charge in [-0.15, -0.1) is 0 Å². The fraction of sp³-hybridized carbons (Fsp3) is 0.600. The van der Waals surface area contributed by atoms with E-state index in [4.69, 9.17) is 9.47 Å². The fourth-order valence-corrected chi connectivity index (χ4v) is 2.04. The highest BCUT2D eigenvalue weighted by atomic mass is 16.5. The average Bonchev–Trinajstić information content (AvgIpc) is 2.79. The number of benzene rings is 1. The van der Waals surface area contributed by atoms with E-state index in [1.54, 1.807) is 0 Å². The Morgan fingerprint density at radius 1 is 1.00 bits per heavy atom. The molecular formula is C15H23NO2. The van der Waals surface area contributed by atoms with Gasteiger partial charge in [0.15, 0.2) is 0 Å². The summed E-state index contributed by atoms with van der Waals surface area (Å²) in [5.41, 5.74) is -0.155. The average molecular weight is 249 g/mol. The highest BCUT2D eigenvalue weighted by Crippen LogP contribution is 2.22. The third kappa shape index (κ3) is 4.22.